The minimum Gasteiger partial charge on any atom is -0.347 e. The summed E-state index contributed by atoms with van der Waals surface area (Å²) >= 11 is 5.69. The van der Waals surface area contributed by atoms with Crippen LogP contribution in [0.15, 0.2) is 35.5 Å². The molecule has 7 nitrogen and oxygen atoms in total. The zero-order valence-electron chi connectivity index (χ0n) is 18.8. The highest BCUT2D eigenvalue weighted by atomic mass is 35.5. The Kier molecular flexibility index (Phi) is 6.07. The van der Waals surface area contributed by atoms with Crippen LogP contribution in [0, 0.1) is 35.3 Å². The fourth-order valence-electron chi connectivity index (χ4n) is 4.67. The molecule has 0 spiro atoms. The average Bonchev–Trinajstić information content (AvgIpc) is 3.67. The van der Waals surface area contributed by atoms with Crippen molar-refractivity contribution in [1.82, 2.24) is 15.6 Å². The molecule has 2 amide bonds. The van der Waals surface area contributed by atoms with Crippen molar-refractivity contribution in [2.24, 2.45) is 23.7 Å². The number of benzene rings is 1. The summed E-state index contributed by atoms with van der Waals surface area (Å²) in [7, 11) is -3.62. The number of carbonyl (C=O) groups excluding carboxylic acids is 2. The Labute approximate surface area is 206 Å². The Morgan fingerprint density at radius 2 is 1.86 bits per heavy atom. The van der Waals surface area contributed by atoms with E-state index in [0.29, 0.717) is 24.2 Å². The highest BCUT2D eigenvalue weighted by molar-refractivity contribution is 7.90. The lowest BCUT2D eigenvalue weighted by Gasteiger charge is -2.25. The van der Waals surface area contributed by atoms with E-state index in [9.17, 15) is 26.8 Å². The van der Waals surface area contributed by atoms with Crippen LogP contribution >= 0.6 is 11.6 Å². The molecular formula is C24H24ClF2N3O4S. The minimum atomic E-state index is -3.62. The predicted molar refractivity (Wildman–Crippen MR) is 123 cm³/mol. The largest absolute Gasteiger partial charge is 0.347 e. The van der Waals surface area contributed by atoms with Crippen molar-refractivity contribution in [2.45, 2.75) is 42.8 Å². The van der Waals surface area contributed by atoms with E-state index in [1.807, 2.05) is 0 Å². The van der Waals surface area contributed by atoms with Gasteiger partial charge < -0.3 is 10.6 Å². The summed E-state index contributed by atoms with van der Waals surface area (Å²) in [5, 5.41) is 4.96. The van der Waals surface area contributed by atoms with E-state index in [1.54, 1.807) is 0 Å². The van der Waals surface area contributed by atoms with Crippen LogP contribution in [-0.4, -0.2) is 37.5 Å². The molecule has 2 N–H and O–H groups in total. The van der Waals surface area contributed by atoms with Gasteiger partial charge in [0.25, 0.3) is 5.91 Å². The Hall–Kier alpha value is -2.59. The number of fused-ring (bicyclic) bond motifs is 1. The van der Waals surface area contributed by atoms with Crippen LogP contribution < -0.4 is 10.6 Å². The Morgan fingerprint density at radius 1 is 1.14 bits per heavy atom. The SMILES string of the molecule is CS(=O)(=O)c1cc(C(=O)N[C@H](CC2C3C[C@@H]32)C(=O)N[C@@H](c2cc(F)c(Cl)cc2F)C2CC2)ccn1. The lowest BCUT2D eigenvalue weighted by atomic mass is 9.98. The summed E-state index contributed by atoms with van der Waals surface area (Å²) < 4.78 is 52.3. The molecule has 3 saturated carbocycles. The summed E-state index contributed by atoms with van der Waals surface area (Å²) in [5.74, 6) is -1.15. The molecule has 2 unspecified atom stereocenters. The number of hydrogen-bond acceptors (Lipinski definition) is 5. The molecule has 1 aromatic carbocycles. The predicted octanol–water partition coefficient (Wildman–Crippen LogP) is 3.44. The summed E-state index contributed by atoms with van der Waals surface area (Å²) in [6.45, 7) is 0. The summed E-state index contributed by atoms with van der Waals surface area (Å²) in [5.41, 5.74) is 0.0813. The quantitative estimate of drug-likeness (QED) is 0.490. The molecule has 1 aromatic heterocycles. The zero-order chi connectivity index (χ0) is 25.1. The molecular weight excluding hydrogens is 500 g/mol. The van der Waals surface area contributed by atoms with Gasteiger partial charge in [-0.15, -0.1) is 0 Å². The van der Waals surface area contributed by atoms with Gasteiger partial charge in [-0.2, -0.15) is 0 Å². The van der Waals surface area contributed by atoms with Crippen molar-refractivity contribution in [3.63, 3.8) is 0 Å². The average molecular weight is 524 g/mol. The smallest absolute Gasteiger partial charge is 0.252 e. The molecule has 0 aliphatic heterocycles. The number of pyridine rings is 1. The fraction of sp³-hybridized carbons (Fsp3) is 0.458. The van der Waals surface area contributed by atoms with Gasteiger partial charge in [0.15, 0.2) is 14.9 Å². The van der Waals surface area contributed by atoms with E-state index in [-0.39, 0.29) is 27.1 Å². The van der Waals surface area contributed by atoms with Gasteiger partial charge in [0.2, 0.25) is 5.91 Å². The number of nitrogens with zero attached hydrogens (tertiary/aromatic N) is 1. The van der Waals surface area contributed by atoms with Crippen LogP contribution in [0.1, 0.15) is 47.6 Å². The molecule has 0 bridgehead atoms. The highest BCUT2D eigenvalue weighted by Gasteiger charge is 2.64. The van der Waals surface area contributed by atoms with Gasteiger partial charge in [-0.1, -0.05) is 11.6 Å². The first-order valence-electron chi connectivity index (χ1n) is 11.4. The first-order chi connectivity index (χ1) is 16.5. The van der Waals surface area contributed by atoms with Crippen molar-refractivity contribution in [1.29, 1.82) is 0 Å². The third kappa shape index (κ3) is 5.18. The Balaban J connectivity index is 1.35. The molecule has 2 aromatic rings. The molecule has 3 aliphatic carbocycles. The molecule has 35 heavy (non-hydrogen) atoms. The molecule has 3 fully saturated rings. The monoisotopic (exact) mass is 523 g/mol. The van der Waals surface area contributed by atoms with Crippen LogP contribution in [0.25, 0.3) is 0 Å². The molecule has 11 heteroatoms. The number of hydrogen-bond donors (Lipinski definition) is 2. The van der Waals surface area contributed by atoms with E-state index in [1.165, 1.54) is 12.3 Å². The maximum absolute atomic E-state index is 14.6. The van der Waals surface area contributed by atoms with Gasteiger partial charge in [-0.05, 0) is 73.6 Å². The summed E-state index contributed by atoms with van der Waals surface area (Å²) in [6.07, 6.45) is 5.26. The van der Waals surface area contributed by atoms with E-state index in [4.69, 9.17) is 11.6 Å². The van der Waals surface area contributed by atoms with E-state index < -0.39 is 45.4 Å². The minimum absolute atomic E-state index is 0.0222. The fourth-order valence-corrected chi connectivity index (χ4v) is 5.42. The Morgan fingerprint density at radius 3 is 2.46 bits per heavy atom. The summed E-state index contributed by atoms with van der Waals surface area (Å²) in [4.78, 5) is 30.0. The number of sulfone groups is 1. The second kappa shape index (κ2) is 8.81. The zero-order valence-corrected chi connectivity index (χ0v) is 20.4. The number of halogens is 3. The van der Waals surface area contributed by atoms with Gasteiger partial charge >= 0.3 is 0 Å². The first-order valence-corrected chi connectivity index (χ1v) is 13.7. The molecule has 1 heterocycles. The molecule has 186 valence electrons. The van der Waals surface area contributed by atoms with Crippen molar-refractivity contribution >= 4 is 33.3 Å². The molecule has 0 saturated heterocycles. The van der Waals surface area contributed by atoms with Crippen molar-refractivity contribution in [3.8, 4) is 0 Å². The number of carbonyl (C=O) groups is 2. The summed E-state index contributed by atoms with van der Waals surface area (Å²) in [6, 6.07) is 2.78. The van der Waals surface area contributed by atoms with Crippen LogP contribution in [-0.2, 0) is 14.6 Å². The lowest BCUT2D eigenvalue weighted by molar-refractivity contribution is -0.124. The van der Waals surface area contributed by atoms with Crippen molar-refractivity contribution in [2.75, 3.05) is 6.26 Å². The van der Waals surface area contributed by atoms with E-state index in [0.717, 1.165) is 43.7 Å². The van der Waals surface area contributed by atoms with Gasteiger partial charge in [0.1, 0.15) is 17.7 Å². The maximum Gasteiger partial charge on any atom is 0.252 e. The van der Waals surface area contributed by atoms with E-state index in [2.05, 4.69) is 15.6 Å². The van der Waals surface area contributed by atoms with Crippen LogP contribution in [0.4, 0.5) is 8.78 Å². The number of amides is 2. The second-order valence-electron chi connectivity index (χ2n) is 9.76. The standard InChI is InChI=1S/C24H24ClF2N3O4S/c1-35(33,34)21-6-12(4-5-28-21)23(31)29-20(9-15-13-7-14(13)15)24(32)30-22(11-2-3-11)16-8-19(27)17(25)10-18(16)26/h4-6,8,10-11,13-15,20,22H,2-3,7,9H2,1H3,(H,29,31)(H,30,32)/t13-,14?,15?,20+,22+/m0/s1. The number of nitrogens with one attached hydrogen (secondary N) is 2. The van der Waals surface area contributed by atoms with Gasteiger partial charge in [-0.3, -0.25) is 9.59 Å². The number of rotatable bonds is 9. The highest BCUT2D eigenvalue weighted by Crippen LogP contribution is 2.69. The molecule has 0 radical (unpaired) electrons. The Bertz CT molecular complexity index is 1310. The van der Waals surface area contributed by atoms with Crippen LogP contribution in [0.2, 0.25) is 5.02 Å². The maximum atomic E-state index is 14.6. The topological polar surface area (TPSA) is 105 Å². The third-order valence-corrected chi connectivity index (χ3v) is 8.40. The van der Waals surface area contributed by atoms with Crippen molar-refractivity contribution in [3.05, 3.63) is 58.2 Å². The van der Waals surface area contributed by atoms with Crippen LogP contribution in [0.3, 0.4) is 0 Å². The molecule has 5 rings (SSSR count). The normalized spacial score (nSPS) is 24.2. The molecule has 3 aliphatic rings. The molecule has 5 atom stereocenters. The lowest BCUT2D eigenvalue weighted by Crippen LogP contribution is -2.48. The van der Waals surface area contributed by atoms with Crippen LogP contribution in [0.5, 0.6) is 0 Å². The van der Waals surface area contributed by atoms with Gasteiger partial charge in [0, 0.05) is 23.6 Å². The first kappa shape index (κ1) is 24.1. The second-order valence-corrected chi connectivity index (χ2v) is 12.1. The van der Waals surface area contributed by atoms with Crippen molar-refractivity contribution < 1.29 is 26.8 Å². The van der Waals surface area contributed by atoms with Gasteiger partial charge in [-0.25, -0.2) is 22.2 Å². The third-order valence-electron chi connectivity index (χ3n) is 7.12. The van der Waals surface area contributed by atoms with Gasteiger partial charge in [0.05, 0.1) is 11.1 Å². The van der Waals surface area contributed by atoms with E-state index >= 15 is 0 Å². The number of aromatic nitrogens is 1.